The molecule has 1 aromatic carbocycles. The van der Waals surface area contributed by atoms with Gasteiger partial charge in [-0.3, -0.25) is 20.2 Å². The van der Waals surface area contributed by atoms with Crippen molar-refractivity contribution in [3.63, 3.8) is 0 Å². The highest BCUT2D eigenvalue weighted by Gasteiger charge is 2.21. The third kappa shape index (κ3) is 4.83. The molecule has 0 radical (unpaired) electrons. The Hall–Kier alpha value is -4.24. The van der Waals surface area contributed by atoms with E-state index in [-0.39, 0.29) is 33.5 Å². The van der Waals surface area contributed by atoms with Crippen molar-refractivity contribution < 1.29 is 18.9 Å². The van der Waals surface area contributed by atoms with E-state index in [0.717, 1.165) is 31.1 Å². The highest BCUT2D eigenvalue weighted by molar-refractivity contribution is 7.19. The summed E-state index contributed by atoms with van der Waals surface area (Å²) in [5.41, 5.74) is -0.160. The second-order valence-corrected chi connectivity index (χ2v) is 8.01. The molecule has 1 fully saturated rings. The van der Waals surface area contributed by atoms with Gasteiger partial charge in [0.05, 0.1) is 23.7 Å². The smallest absolute Gasteiger partial charge is 0.284 e. The molecule has 168 valence electrons. The highest BCUT2D eigenvalue weighted by atomic mass is 32.1. The summed E-state index contributed by atoms with van der Waals surface area (Å²) in [4.78, 5) is 25.5. The molecule has 4 rings (SSSR count). The van der Waals surface area contributed by atoms with Crippen LogP contribution < -0.4 is 15.0 Å². The van der Waals surface area contributed by atoms with Gasteiger partial charge in [0, 0.05) is 19.2 Å². The van der Waals surface area contributed by atoms with E-state index >= 15 is 0 Å². The minimum Gasteiger partial charge on any atom is -0.497 e. The Morgan fingerprint density at radius 3 is 2.82 bits per heavy atom. The van der Waals surface area contributed by atoms with Crippen molar-refractivity contribution in [3.8, 4) is 23.1 Å². The lowest BCUT2D eigenvalue weighted by Gasteiger charge is -2.10. The minimum absolute atomic E-state index is 0.192. The van der Waals surface area contributed by atoms with Crippen LogP contribution in [-0.2, 0) is 4.79 Å². The summed E-state index contributed by atoms with van der Waals surface area (Å²) in [6.07, 6.45) is 3.44. The predicted octanol–water partition coefficient (Wildman–Crippen LogP) is 3.86. The summed E-state index contributed by atoms with van der Waals surface area (Å²) < 4.78 is 10.7. The van der Waals surface area contributed by atoms with Crippen molar-refractivity contribution >= 4 is 39.3 Å². The number of nitro groups is 1. The van der Waals surface area contributed by atoms with Crippen molar-refractivity contribution in [1.82, 2.24) is 10.2 Å². The number of nitriles is 1. The zero-order chi connectivity index (χ0) is 23.4. The summed E-state index contributed by atoms with van der Waals surface area (Å²) >= 11 is 1.24. The molecule has 3 heterocycles. The molecule has 1 aliphatic heterocycles. The van der Waals surface area contributed by atoms with Gasteiger partial charge in [-0.25, -0.2) is 0 Å². The van der Waals surface area contributed by atoms with Gasteiger partial charge in [-0.15, -0.1) is 10.2 Å². The van der Waals surface area contributed by atoms with E-state index in [1.165, 1.54) is 48.8 Å². The van der Waals surface area contributed by atoms with Crippen LogP contribution in [0, 0.1) is 21.4 Å². The lowest BCUT2D eigenvalue weighted by molar-refractivity contribution is -0.384. The van der Waals surface area contributed by atoms with Crippen LogP contribution in [0.15, 0.2) is 40.3 Å². The monoisotopic (exact) mass is 466 g/mol. The third-order valence-corrected chi connectivity index (χ3v) is 5.86. The Balaban J connectivity index is 1.52. The Bertz CT molecular complexity index is 1270. The van der Waals surface area contributed by atoms with E-state index in [9.17, 15) is 20.2 Å². The quantitative estimate of drug-likeness (QED) is 0.237. The Labute approximate surface area is 192 Å². The van der Waals surface area contributed by atoms with Gasteiger partial charge in [-0.2, -0.15) is 5.26 Å². The number of nitro benzene ring substituents is 1. The number of methoxy groups -OCH3 is 1. The van der Waals surface area contributed by atoms with Crippen LogP contribution >= 0.6 is 11.3 Å². The molecule has 0 spiro atoms. The average molecular weight is 466 g/mol. The third-order valence-electron chi connectivity index (χ3n) is 4.96. The van der Waals surface area contributed by atoms with Crippen molar-refractivity contribution in [2.24, 2.45) is 0 Å². The number of benzene rings is 1. The van der Waals surface area contributed by atoms with Gasteiger partial charge in [-0.1, -0.05) is 11.3 Å². The fraction of sp³-hybridized carbons (Fsp3) is 0.238. The fourth-order valence-electron chi connectivity index (χ4n) is 3.33. The maximum absolute atomic E-state index is 12.5. The highest BCUT2D eigenvalue weighted by Crippen LogP contribution is 2.34. The lowest BCUT2D eigenvalue weighted by Crippen LogP contribution is -2.17. The molecule has 0 atom stereocenters. The lowest BCUT2D eigenvalue weighted by atomic mass is 10.1. The van der Waals surface area contributed by atoms with Crippen molar-refractivity contribution in [1.29, 1.82) is 5.26 Å². The first-order valence-corrected chi connectivity index (χ1v) is 10.7. The first kappa shape index (κ1) is 22.0. The van der Waals surface area contributed by atoms with Crippen LogP contribution in [-0.4, -0.2) is 41.2 Å². The number of carbonyl (C=O) groups is 1. The number of ether oxygens (including phenoxy) is 1. The average Bonchev–Trinajstić information content (AvgIpc) is 3.58. The molecule has 1 amide bonds. The number of hydrogen-bond donors (Lipinski definition) is 1. The van der Waals surface area contributed by atoms with Gasteiger partial charge in [0.15, 0.2) is 0 Å². The molecule has 11 nitrogen and oxygen atoms in total. The van der Waals surface area contributed by atoms with Gasteiger partial charge in [-0.05, 0) is 37.1 Å². The van der Waals surface area contributed by atoms with Crippen molar-refractivity contribution in [2.75, 3.05) is 30.4 Å². The largest absolute Gasteiger partial charge is 0.497 e. The molecule has 1 saturated heterocycles. The number of nitrogens with zero attached hydrogens (tertiary/aromatic N) is 5. The van der Waals surface area contributed by atoms with Crippen LogP contribution in [0.1, 0.15) is 18.6 Å². The normalized spacial score (nSPS) is 13.6. The molecule has 0 saturated carbocycles. The number of aromatic nitrogens is 2. The van der Waals surface area contributed by atoms with Gasteiger partial charge in [0.2, 0.25) is 10.3 Å². The van der Waals surface area contributed by atoms with E-state index < -0.39 is 10.8 Å². The minimum atomic E-state index is -0.657. The van der Waals surface area contributed by atoms with E-state index in [4.69, 9.17) is 9.15 Å². The molecule has 1 N–H and O–H groups in total. The molecule has 12 heteroatoms. The van der Waals surface area contributed by atoms with Crippen molar-refractivity contribution in [2.45, 2.75) is 12.8 Å². The number of amides is 1. The molecule has 1 aliphatic rings. The van der Waals surface area contributed by atoms with Gasteiger partial charge < -0.3 is 14.1 Å². The zero-order valence-corrected chi connectivity index (χ0v) is 18.3. The molecule has 33 heavy (non-hydrogen) atoms. The molecular weight excluding hydrogens is 448 g/mol. The van der Waals surface area contributed by atoms with Crippen LogP contribution in [0.5, 0.6) is 5.75 Å². The Morgan fingerprint density at radius 2 is 2.12 bits per heavy atom. The second-order valence-electron chi connectivity index (χ2n) is 7.05. The van der Waals surface area contributed by atoms with E-state index in [1.807, 2.05) is 6.07 Å². The molecule has 0 unspecified atom stereocenters. The van der Waals surface area contributed by atoms with E-state index in [1.54, 1.807) is 6.07 Å². The SMILES string of the molecule is COc1ccc(-c2ccc(C=C(C#N)C(=O)Nc3nnc(N4CCCC4)s3)o2)c([N+](=O)[O-])c1. The summed E-state index contributed by atoms with van der Waals surface area (Å²) in [7, 11) is 1.41. The number of rotatable bonds is 7. The number of hydrogen-bond acceptors (Lipinski definition) is 10. The number of carbonyl (C=O) groups excluding carboxylic acids is 1. The van der Waals surface area contributed by atoms with Gasteiger partial charge >= 0.3 is 0 Å². The first-order valence-electron chi connectivity index (χ1n) is 9.92. The van der Waals surface area contributed by atoms with Crippen LogP contribution in [0.4, 0.5) is 16.0 Å². The number of furan rings is 1. The zero-order valence-electron chi connectivity index (χ0n) is 17.5. The van der Waals surface area contributed by atoms with Crippen LogP contribution in [0.3, 0.4) is 0 Å². The summed E-state index contributed by atoms with van der Waals surface area (Å²) in [5.74, 6) is 0.0876. The van der Waals surface area contributed by atoms with E-state index in [0.29, 0.717) is 5.75 Å². The molecule has 0 bridgehead atoms. The van der Waals surface area contributed by atoms with Gasteiger partial charge in [0.1, 0.15) is 28.9 Å². The topological polar surface area (TPSA) is 147 Å². The Morgan fingerprint density at radius 1 is 1.33 bits per heavy atom. The molecule has 0 aliphatic carbocycles. The first-order chi connectivity index (χ1) is 16.0. The van der Waals surface area contributed by atoms with Crippen LogP contribution in [0.25, 0.3) is 17.4 Å². The maximum Gasteiger partial charge on any atom is 0.284 e. The summed E-state index contributed by atoms with van der Waals surface area (Å²) in [6.45, 7) is 1.80. The number of anilines is 2. The van der Waals surface area contributed by atoms with Crippen molar-refractivity contribution in [3.05, 3.63) is 51.8 Å². The van der Waals surface area contributed by atoms with Gasteiger partial charge in [0.25, 0.3) is 11.6 Å². The fourth-order valence-corrected chi connectivity index (χ4v) is 4.12. The number of nitrogens with one attached hydrogen (secondary N) is 1. The summed E-state index contributed by atoms with van der Waals surface area (Å²) in [6, 6.07) is 9.26. The standard InChI is InChI=1S/C21H18N6O5S/c1-31-14-4-6-16(17(11-14)27(29)30)18-7-5-15(32-18)10-13(12-22)19(28)23-20-24-25-21(33-20)26-8-2-3-9-26/h4-7,10-11H,2-3,8-9H2,1H3,(H,23,24,28). The molecule has 3 aromatic rings. The maximum atomic E-state index is 12.5. The Kier molecular flexibility index (Phi) is 6.32. The summed E-state index contributed by atoms with van der Waals surface area (Å²) in [5, 5.41) is 32.5. The predicted molar refractivity (Wildman–Crippen MR) is 121 cm³/mol. The van der Waals surface area contributed by atoms with E-state index in [2.05, 4.69) is 20.4 Å². The second kappa shape index (κ2) is 9.49. The van der Waals surface area contributed by atoms with Crippen LogP contribution in [0.2, 0.25) is 0 Å². The molecule has 2 aromatic heterocycles. The molecular formula is C21H18N6O5S.